The van der Waals surface area contributed by atoms with Crippen molar-refractivity contribution in [2.45, 2.75) is 33.6 Å². The van der Waals surface area contributed by atoms with E-state index in [4.69, 9.17) is 9.40 Å². The summed E-state index contributed by atoms with van der Waals surface area (Å²) in [5.74, 6) is 0.454. The molecular formula is C25H22N2O. The summed E-state index contributed by atoms with van der Waals surface area (Å²) in [6.45, 7) is 8.56. The second kappa shape index (κ2) is 6.16. The lowest BCUT2D eigenvalue weighted by Crippen LogP contribution is -1.93. The van der Waals surface area contributed by atoms with Gasteiger partial charge in [-0.1, -0.05) is 32.0 Å². The molecule has 0 fully saturated rings. The summed E-state index contributed by atoms with van der Waals surface area (Å²) in [6, 6.07) is 17.1. The van der Waals surface area contributed by atoms with Gasteiger partial charge in [-0.05, 0) is 66.6 Å². The number of hydrogen-bond donors (Lipinski definition) is 0. The van der Waals surface area contributed by atoms with Gasteiger partial charge in [0.1, 0.15) is 5.58 Å². The highest BCUT2D eigenvalue weighted by Crippen LogP contribution is 2.39. The lowest BCUT2D eigenvalue weighted by atomic mass is 9.93. The molecule has 0 aliphatic carbocycles. The van der Waals surface area contributed by atoms with Gasteiger partial charge in [-0.15, -0.1) is 0 Å². The standard InChI is InChI=1S/C25H22N2O/c1-14(2)17-6-5-7-19-18(17)10-11-26-23(19)22-13-15(3)12-21-20-9-8-16(4)27-25(20)28-24(21)22/h5-14H,1-4H3. The Hall–Kier alpha value is -3.20. The normalized spacial score (nSPS) is 11.9. The van der Waals surface area contributed by atoms with E-state index in [1.165, 1.54) is 16.5 Å². The van der Waals surface area contributed by atoms with Crippen molar-refractivity contribution in [1.82, 2.24) is 9.97 Å². The van der Waals surface area contributed by atoms with Gasteiger partial charge in [0.25, 0.3) is 0 Å². The van der Waals surface area contributed by atoms with E-state index in [-0.39, 0.29) is 0 Å². The number of nitrogens with zero attached hydrogens (tertiary/aromatic N) is 2. The van der Waals surface area contributed by atoms with Gasteiger partial charge >= 0.3 is 0 Å². The molecule has 0 atom stereocenters. The first-order chi connectivity index (χ1) is 13.5. The molecule has 3 heterocycles. The van der Waals surface area contributed by atoms with Crippen molar-refractivity contribution in [3.05, 3.63) is 71.5 Å². The molecule has 0 N–H and O–H groups in total. The fourth-order valence-corrected chi connectivity index (χ4v) is 4.12. The van der Waals surface area contributed by atoms with Gasteiger partial charge < -0.3 is 4.42 Å². The van der Waals surface area contributed by atoms with Crippen molar-refractivity contribution in [3.8, 4) is 11.3 Å². The van der Waals surface area contributed by atoms with Crippen molar-refractivity contribution in [2.24, 2.45) is 0 Å². The Kier molecular flexibility index (Phi) is 3.73. The van der Waals surface area contributed by atoms with Crippen molar-refractivity contribution in [3.63, 3.8) is 0 Å². The van der Waals surface area contributed by atoms with Gasteiger partial charge in [0, 0.05) is 33.6 Å². The van der Waals surface area contributed by atoms with Crippen LogP contribution in [-0.2, 0) is 0 Å². The predicted octanol–water partition coefficient (Wildman–Crippen LogP) is 6.94. The molecule has 28 heavy (non-hydrogen) atoms. The number of pyridine rings is 2. The Bertz CT molecular complexity index is 1360. The number of fused-ring (bicyclic) bond motifs is 4. The number of aryl methyl sites for hydroxylation is 2. The molecule has 0 amide bonds. The third-order valence-corrected chi connectivity index (χ3v) is 5.44. The van der Waals surface area contributed by atoms with Crippen LogP contribution in [0.25, 0.3) is 44.1 Å². The van der Waals surface area contributed by atoms with Crippen LogP contribution in [-0.4, -0.2) is 9.97 Å². The summed E-state index contributed by atoms with van der Waals surface area (Å²) in [6.07, 6.45) is 1.91. The van der Waals surface area contributed by atoms with Gasteiger partial charge in [0.15, 0.2) is 0 Å². The molecule has 3 nitrogen and oxygen atoms in total. The molecule has 0 aliphatic heterocycles. The topological polar surface area (TPSA) is 38.9 Å². The van der Waals surface area contributed by atoms with E-state index in [9.17, 15) is 0 Å². The molecule has 0 aliphatic rings. The zero-order chi connectivity index (χ0) is 19.4. The highest BCUT2D eigenvalue weighted by atomic mass is 16.3. The maximum Gasteiger partial charge on any atom is 0.227 e. The lowest BCUT2D eigenvalue weighted by Gasteiger charge is -2.13. The van der Waals surface area contributed by atoms with Gasteiger partial charge in [-0.2, -0.15) is 0 Å². The molecule has 2 aromatic carbocycles. The van der Waals surface area contributed by atoms with Crippen LogP contribution in [0, 0.1) is 13.8 Å². The van der Waals surface area contributed by atoms with E-state index in [0.717, 1.165) is 38.7 Å². The third kappa shape index (κ3) is 2.50. The Morgan fingerprint density at radius 1 is 0.857 bits per heavy atom. The highest BCUT2D eigenvalue weighted by molar-refractivity contribution is 6.11. The number of hydrogen-bond acceptors (Lipinski definition) is 3. The summed E-state index contributed by atoms with van der Waals surface area (Å²) < 4.78 is 6.25. The first-order valence-electron chi connectivity index (χ1n) is 9.71. The predicted molar refractivity (Wildman–Crippen MR) is 116 cm³/mol. The van der Waals surface area contributed by atoms with Crippen LogP contribution in [0.5, 0.6) is 0 Å². The average Bonchev–Trinajstić information content (AvgIpc) is 3.03. The van der Waals surface area contributed by atoms with Gasteiger partial charge in [-0.3, -0.25) is 4.98 Å². The molecule has 0 bridgehead atoms. The van der Waals surface area contributed by atoms with E-state index in [0.29, 0.717) is 11.6 Å². The van der Waals surface area contributed by atoms with Gasteiger partial charge in [0.05, 0.1) is 5.69 Å². The molecule has 0 saturated carbocycles. The zero-order valence-corrected chi connectivity index (χ0v) is 16.6. The number of rotatable bonds is 2. The van der Waals surface area contributed by atoms with Crippen molar-refractivity contribution < 1.29 is 4.42 Å². The summed E-state index contributed by atoms with van der Waals surface area (Å²) >= 11 is 0. The van der Waals surface area contributed by atoms with Crippen LogP contribution in [0.15, 0.2) is 59.1 Å². The first kappa shape index (κ1) is 16.9. The quantitative estimate of drug-likeness (QED) is 0.340. The smallest absolute Gasteiger partial charge is 0.227 e. The van der Waals surface area contributed by atoms with Crippen molar-refractivity contribution in [1.29, 1.82) is 0 Å². The maximum atomic E-state index is 6.25. The fraction of sp³-hybridized carbons (Fsp3) is 0.200. The van der Waals surface area contributed by atoms with Crippen molar-refractivity contribution in [2.75, 3.05) is 0 Å². The van der Waals surface area contributed by atoms with Gasteiger partial charge in [0.2, 0.25) is 5.71 Å². The fourth-order valence-electron chi connectivity index (χ4n) is 4.12. The maximum absolute atomic E-state index is 6.25. The average molecular weight is 366 g/mol. The summed E-state index contributed by atoms with van der Waals surface area (Å²) in [7, 11) is 0. The highest BCUT2D eigenvalue weighted by Gasteiger charge is 2.17. The Morgan fingerprint density at radius 2 is 1.71 bits per heavy atom. The van der Waals surface area contributed by atoms with Crippen LogP contribution in [0.3, 0.4) is 0 Å². The van der Waals surface area contributed by atoms with Crippen LogP contribution in [0.1, 0.15) is 36.6 Å². The van der Waals surface area contributed by atoms with Crippen LogP contribution < -0.4 is 0 Å². The van der Waals surface area contributed by atoms with Crippen LogP contribution >= 0.6 is 0 Å². The minimum absolute atomic E-state index is 0.454. The first-order valence-corrected chi connectivity index (χ1v) is 9.71. The van der Waals surface area contributed by atoms with E-state index < -0.39 is 0 Å². The zero-order valence-electron chi connectivity index (χ0n) is 16.6. The molecule has 0 unspecified atom stereocenters. The monoisotopic (exact) mass is 366 g/mol. The van der Waals surface area contributed by atoms with Gasteiger partial charge in [-0.25, -0.2) is 4.98 Å². The summed E-state index contributed by atoms with van der Waals surface area (Å²) in [5.41, 5.74) is 7.01. The molecule has 3 heteroatoms. The summed E-state index contributed by atoms with van der Waals surface area (Å²) in [4.78, 5) is 9.37. The SMILES string of the molecule is Cc1cc(-c2nccc3c(C(C)C)cccc23)c2oc3nc(C)ccc3c2c1. The lowest BCUT2D eigenvalue weighted by molar-refractivity contribution is 0.653. The van der Waals surface area contributed by atoms with E-state index in [1.54, 1.807) is 0 Å². The second-order valence-electron chi connectivity index (χ2n) is 7.85. The number of benzene rings is 2. The van der Waals surface area contributed by atoms with E-state index in [1.807, 2.05) is 19.2 Å². The van der Waals surface area contributed by atoms with E-state index in [2.05, 4.69) is 68.2 Å². The third-order valence-electron chi connectivity index (χ3n) is 5.44. The van der Waals surface area contributed by atoms with Crippen molar-refractivity contribution >= 4 is 32.8 Å². The Morgan fingerprint density at radius 3 is 2.54 bits per heavy atom. The van der Waals surface area contributed by atoms with Crippen LogP contribution in [0.2, 0.25) is 0 Å². The number of aromatic nitrogens is 2. The molecule has 0 spiro atoms. The molecule has 0 saturated heterocycles. The molecule has 3 aromatic heterocycles. The molecule has 0 radical (unpaired) electrons. The van der Waals surface area contributed by atoms with Crippen LogP contribution in [0.4, 0.5) is 0 Å². The second-order valence-corrected chi connectivity index (χ2v) is 7.85. The molecular weight excluding hydrogens is 344 g/mol. The number of furan rings is 1. The minimum Gasteiger partial charge on any atom is -0.437 e. The van der Waals surface area contributed by atoms with E-state index >= 15 is 0 Å². The Labute approximate surface area is 164 Å². The molecule has 5 aromatic rings. The Balaban J connectivity index is 1.90. The summed E-state index contributed by atoms with van der Waals surface area (Å²) in [5, 5.41) is 4.55. The largest absolute Gasteiger partial charge is 0.437 e. The minimum atomic E-state index is 0.454. The molecule has 138 valence electrons. The molecule has 5 rings (SSSR count).